The van der Waals surface area contributed by atoms with Crippen molar-refractivity contribution in [3.63, 3.8) is 0 Å². The first-order valence-electron chi connectivity index (χ1n) is 3.83. The summed E-state index contributed by atoms with van der Waals surface area (Å²) in [6.07, 6.45) is 1.42. The van der Waals surface area contributed by atoms with Crippen LogP contribution >= 0.6 is 15.9 Å². The molecule has 0 aliphatic heterocycles. The quantitative estimate of drug-likeness (QED) is 0.258. The first-order valence-corrected chi connectivity index (χ1v) is 4.62. The molecule has 0 aromatic heterocycles. The van der Waals surface area contributed by atoms with Gasteiger partial charge in [-0.3, -0.25) is 0 Å². The van der Waals surface area contributed by atoms with Crippen molar-refractivity contribution in [1.82, 2.24) is 0 Å². The number of allylic oxidation sites excluding steroid dienone is 1. The van der Waals surface area contributed by atoms with E-state index in [1.54, 1.807) is 12.1 Å². The first kappa shape index (κ1) is 22.5. The van der Waals surface area contributed by atoms with Gasteiger partial charge in [-0.2, -0.15) is 0 Å². The summed E-state index contributed by atoms with van der Waals surface area (Å²) in [5.74, 6) is -0.0396. The van der Waals surface area contributed by atoms with Gasteiger partial charge in [0.2, 0.25) is 0 Å². The molecule has 0 unspecified atom stereocenters. The molecule has 17 heavy (non-hydrogen) atoms. The zero-order valence-corrected chi connectivity index (χ0v) is 14.3. The molecule has 0 aliphatic carbocycles. The SMILES string of the molecule is [B]C(=N)/C=C(/Br)Nc1ccc([O-])cc1.[CH3-].[F-].[K+]. The van der Waals surface area contributed by atoms with Crippen molar-refractivity contribution >= 4 is 35.1 Å². The molecule has 1 rings (SSSR count). The molecular weight excluding hydrogens is 313 g/mol. The van der Waals surface area contributed by atoms with Crippen LogP contribution in [-0.2, 0) is 0 Å². The minimum atomic E-state index is -0.0511. The van der Waals surface area contributed by atoms with Crippen molar-refractivity contribution < 1.29 is 61.2 Å². The maximum atomic E-state index is 10.8. The van der Waals surface area contributed by atoms with Gasteiger partial charge in [-0.15, -0.1) is 5.75 Å². The van der Waals surface area contributed by atoms with Crippen LogP contribution in [0.1, 0.15) is 0 Å². The van der Waals surface area contributed by atoms with E-state index >= 15 is 0 Å². The smallest absolute Gasteiger partial charge is 1.00 e. The Morgan fingerprint density at radius 3 is 2.24 bits per heavy atom. The van der Waals surface area contributed by atoms with Crippen LogP contribution in [0.4, 0.5) is 5.69 Å². The Morgan fingerprint density at radius 1 is 1.35 bits per heavy atom. The van der Waals surface area contributed by atoms with Crippen LogP contribution < -0.4 is 66.5 Å². The third-order valence-corrected chi connectivity index (χ3v) is 1.83. The van der Waals surface area contributed by atoms with Crippen molar-refractivity contribution in [2.75, 3.05) is 5.32 Å². The molecule has 0 aliphatic rings. The van der Waals surface area contributed by atoms with Crippen LogP contribution in [0.15, 0.2) is 34.9 Å². The summed E-state index contributed by atoms with van der Waals surface area (Å²) in [7, 11) is 5.16. The summed E-state index contributed by atoms with van der Waals surface area (Å²) in [6, 6.07) is 6.21. The molecule has 0 saturated carbocycles. The van der Waals surface area contributed by atoms with Crippen molar-refractivity contribution in [1.29, 1.82) is 5.41 Å². The largest absolute Gasteiger partial charge is 1.00 e. The molecular formula is C10H10BBrFKN2O-2. The summed E-state index contributed by atoms with van der Waals surface area (Å²) in [5, 5.41) is 20.7. The van der Waals surface area contributed by atoms with E-state index in [1.807, 2.05) is 0 Å². The molecule has 0 saturated heterocycles. The van der Waals surface area contributed by atoms with Gasteiger partial charge in [0.25, 0.3) is 0 Å². The number of benzene rings is 1. The summed E-state index contributed by atoms with van der Waals surface area (Å²) < 4.78 is 0.573. The van der Waals surface area contributed by atoms with E-state index in [-0.39, 0.29) is 74.9 Å². The van der Waals surface area contributed by atoms with Crippen molar-refractivity contribution in [2.24, 2.45) is 0 Å². The Kier molecular flexibility index (Phi) is 15.1. The van der Waals surface area contributed by atoms with Crippen LogP contribution in [0, 0.1) is 12.8 Å². The Labute approximate surface area is 153 Å². The molecule has 0 bridgehead atoms. The molecule has 1 aromatic rings. The molecule has 1 aromatic carbocycles. The van der Waals surface area contributed by atoms with Crippen LogP contribution in [0.3, 0.4) is 0 Å². The van der Waals surface area contributed by atoms with Crippen LogP contribution in [-0.4, -0.2) is 13.5 Å². The second kappa shape index (κ2) is 11.4. The van der Waals surface area contributed by atoms with Crippen LogP contribution in [0.5, 0.6) is 5.75 Å². The number of anilines is 1. The van der Waals surface area contributed by atoms with Gasteiger partial charge in [0.15, 0.2) is 0 Å². The van der Waals surface area contributed by atoms with E-state index in [2.05, 4.69) is 21.2 Å². The van der Waals surface area contributed by atoms with E-state index in [0.717, 1.165) is 5.69 Å². The Balaban J connectivity index is -0.000000653. The van der Waals surface area contributed by atoms with Crippen molar-refractivity contribution in [2.45, 2.75) is 0 Å². The second-order valence-corrected chi connectivity index (χ2v) is 3.45. The average Bonchev–Trinajstić information content (AvgIpc) is 2.07. The molecule has 0 atom stereocenters. The first-order chi connectivity index (χ1) is 6.58. The molecule has 0 amide bonds. The monoisotopic (exact) mass is 322 g/mol. The number of halogens is 2. The van der Waals surface area contributed by atoms with Crippen molar-refractivity contribution in [3.8, 4) is 5.75 Å². The number of nitrogens with one attached hydrogen (secondary N) is 2. The van der Waals surface area contributed by atoms with Crippen molar-refractivity contribution in [3.05, 3.63) is 42.4 Å². The third kappa shape index (κ3) is 9.99. The standard InChI is InChI=1S/C9H8BBrN2O.CH3.FH.K/c10-8(12)5-9(11)13-6-1-3-7(14)4-2-6;;;/h1-5,12-14H;1H3;1H;/q;-1;;+1/p-2/b9-5-,12-8?;;;. The molecule has 86 valence electrons. The normalized spacial score (nSPS) is 9.12. The molecule has 2 N–H and O–H groups in total. The van der Waals surface area contributed by atoms with E-state index < -0.39 is 0 Å². The van der Waals surface area contributed by atoms with Gasteiger partial charge in [0.1, 0.15) is 7.85 Å². The maximum absolute atomic E-state index is 10.8. The van der Waals surface area contributed by atoms with Gasteiger partial charge < -0.3 is 28.0 Å². The molecule has 0 spiro atoms. The minimum Gasteiger partial charge on any atom is -1.00 e. The Morgan fingerprint density at radius 2 is 1.82 bits per heavy atom. The fourth-order valence-electron chi connectivity index (χ4n) is 0.849. The fraction of sp³-hybridized carbons (Fsp3) is 0. The average molecular weight is 323 g/mol. The second-order valence-electron chi connectivity index (χ2n) is 2.60. The summed E-state index contributed by atoms with van der Waals surface area (Å²) >= 11 is 3.18. The minimum absolute atomic E-state index is 0. The van der Waals surface area contributed by atoms with Gasteiger partial charge in [-0.25, -0.2) is 0 Å². The van der Waals surface area contributed by atoms with E-state index in [1.165, 1.54) is 18.2 Å². The van der Waals surface area contributed by atoms with Gasteiger partial charge in [-0.1, -0.05) is 12.1 Å². The molecule has 7 heteroatoms. The Hall–Kier alpha value is 0.341. The summed E-state index contributed by atoms with van der Waals surface area (Å²) in [6.45, 7) is 0. The maximum Gasteiger partial charge on any atom is 1.00 e. The van der Waals surface area contributed by atoms with E-state index in [9.17, 15) is 5.11 Å². The Bertz CT molecular complexity index is 373. The molecule has 3 nitrogen and oxygen atoms in total. The fourth-order valence-corrected chi connectivity index (χ4v) is 1.32. The van der Waals surface area contributed by atoms with Gasteiger partial charge in [0.05, 0.1) is 4.61 Å². The summed E-state index contributed by atoms with van der Waals surface area (Å²) in [4.78, 5) is 0. The van der Waals surface area contributed by atoms with Gasteiger partial charge >= 0.3 is 51.4 Å². The van der Waals surface area contributed by atoms with Gasteiger partial charge in [-0.05, 0) is 39.7 Å². The van der Waals surface area contributed by atoms with Crippen LogP contribution in [0.2, 0.25) is 0 Å². The zero-order chi connectivity index (χ0) is 10.6. The number of hydrogen-bond donors (Lipinski definition) is 2. The topological polar surface area (TPSA) is 58.9 Å². The van der Waals surface area contributed by atoms with Gasteiger partial charge in [0, 0.05) is 5.69 Å². The van der Waals surface area contributed by atoms with E-state index in [4.69, 9.17) is 13.3 Å². The number of hydrogen-bond acceptors (Lipinski definition) is 3. The predicted molar refractivity (Wildman–Crippen MR) is 66.4 cm³/mol. The molecule has 0 heterocycles. The number of rotatable bonds is 3. The zero-order valence-electron chi connectivity index (χ0n) is 9.63. The van der Waals surface area contributed by atoms with E-state index in [0.29, 0.717) is 4.61 Å². The third-order valence-electron chi connectivity index (χ3n) is 1.40. The molecule has 2 radical (unpaired) electrons. The predicted octanol–water partition coefficient (Wildman–Crippen LogP) is -3.99. The van der Waals surface area contributed by atoms with Crippen LogP contribution in [0.25, 0.3) is 0 Å². The molecule has 0 fully saturated rings. The summed E-state index contributed by atoms with van der Waals surface area (Å²) in [5.41, 5.74) is 0.707.